The Labute approximate surface area is 217 Å². The monoisotopic (exact) mass is 508 g/mol. The molecule has 0 aliphatic rings. The van der Waals surface area contributed by atoms with Crippen molar-refractivity contribution >= 4 is 8.32 Å². The van der Waals surface area contributed by atoms with Crippen LogP contribution in [0.1, 0.15) is 37.5 Å². The summed E-state index contributed by atoms with van der Waals surface area (Å²) in [6.07, 6.45) is -0.779. The predicted octanol–water partition coefficient (Wildman–Crippen LogP) is 6.40. The van der Waals surface area contributed by atoms with Crippen LogP contribution in [-0.2, 0) is 14.8 Å². The molecule has 3 aromatic rings. The van der Waals surface area contributed by atoms with E-state index in [0.717, 1.165) is 28.2 Å². The van der Waals surface area contributed by atoms with Gasteiger partial charge in [0.05, 0.1) is 33.5 Å². The van der Waals surface area contributed by atoms with Gasteiger partial charge in [-0.2, -0.15) is 0 Å². The lowest BCUT2D eigenvalue weighted by molar-refractivity contribution is -0.0507. The summed E-state index contributed by atoms with van der Waals surface area (Å²) in [7, 11) is 1.30. The third kappa shape index (κ3) is 6.18. The smallest absolute Gasteiger partial charge is 0.192 e. The van der Waals surface area contributed by atoms with Crippen molar-refractivity contribution in [2.24, 2.45) is 0 Å². The molecule has 0 saturated carbocycles. The maximum Gasteiger partial charge on any atom is 0.192 e. The number of methoxy groups -OCH3 is 2. The van der Waals surface area contributed by atoms with Crippen molar-refractivity contribution in [2.45, 2.75) is 50.6 Å². The van der Waals surface area contributed by atoms with E-state index in [1.165, 1.54) is 0 Å². The van der Waals surface area contributed by atoms with Gasteiger partial charge >= 0.3 is 0 Å². The van der Waals surface area contributed by atoms with E-state index in [1.54, 1.807) is 14.2 Å². The van der Waals surface area contributed by atoms with E-state index in [2.05, 4.69) is 33.9 Å². The summed E-state index contributed by atoms with van der Waals surface area (Å²) in [4.78, 5) is 0. The van der Waals surface area contributed by atoms with Crippen LogP contribution in [0, 0.1) is 0 Å². The van der Waals surface area contributed by atoms with Gasteiger partial charge in [-0.25, -0.2) is 0 Å². The number of benzene rings is 3. The minimum Gasteiger partial charge on any atom is -0.497 e. The number of aliphatic hydroxyl groups excluding tert-OH is 1. The Morgan fingerprint density at radius 3 is 1.56 bits per heavy atom. The molecule has 0 bridgehead atoms. The largest absolute Gasteiger partial charge is 0.497 e. The Bertz CT molecular complexity index is 1030. The minimum absolute atomic E-state index is 0.0631. The van der Waals surface area contributed by atoms with E-state index in [1.807, 2.05) is 78.9 Å². The fraction of sp³-hybridized carbons (Fsp3) is 0.400. The molecule has 0 saturated heterocycles. The van der Waals surface area contributed by atoms with Crippen molar-refractivity contribution in [3.8, 4) is 11.5 Å². The number of aliphatic hydroxyl groups is 1. The third-order valence-electron chi connectivity index (χ3n) is 7.11. The molecule has 3 rings (SSSR count). The molecule has 6 heteroatoms. The zero-order chi connectivity index (χ0) is 26.4. The van der Waals surface area contributed by atoms with Crippen LogP contribution in [0.3, 0.4) is 0 Å². The molecule has 5 nitrogen and oxygen atoms in total. The topological polar surface area (TPSA) is 57.2 Å². The first-order valence-corrected chi connectivity index (χ1v) is 15.2. The molecule has 0 spiro atoms. The van der Waals surface area contributed by atoms with Crippen LogP contribution in [0.4, 0.5) is 0 Å². The molecular formula is C30H40O5Si. The normalized spacial score (nSPS) is 13.3. The summed E-state index contributed by atoms with van der Waals surface area (Å²) in [5, 5.41) is 11.0. The SMILES string of the molecule is COc1ccc(C(OCC(O)CO[Si](C)(C)C(C)(C)C)(c2ccccc2)c2ccc(OC)cc2)cc1. The number of rotatable bonds is 11. The van der Waals surface area contributed by atoms with Gasteiger partial charge in [-0.3, -0.25) is 0 Å². The number of hydrogen-bond acceptors (Lipinski definition) is 5. The Balaban J connectivity index is 2.02. The van der Waals surface area contributed by atoms with Gasteiger partial charge in [0.15, 0.2) is 8.32 Å². The van der Waals surface area contributed by atoms with Crippen LogP contribution in [0.2, 0.25) is 18.1 Å². The first-order chi connectivity index (χ1) is 17.0. The molecule has 36 heavy (non-hydrogen) atoms. The van der Waals surface area contributed by atoms with E-state index in [9.17, 15) is 5.11 Å². The molecule has 0 amide bonds. The lowest BCUT2D eigenvalue weighted by Crippen LogP contribution is -2.44. The van der Waals surface area contributed by atoms with Gasteiger partial charge in [-0.1, -0.05) is 75.4 Å². The molecule has 0 aliphatic carbocycles. The van der Waals surface area contributed by atoms with Gasteiger partial charge in [0, 0.05) is 0 Å². The molecule has 1 unspecified atom stereocenters. The fourth-order valence-corrected chi connectivity index (χ4v) is 4.91. The summed E-state index contributed by atoms with van der Waals surface area (Å²) >= 11 is 0. The second kappa shape index (κ2) is 11.6. The standard InChI is InChI=1S/C30H40O5Si/c1-29(2,3)36(6,7)35-22-26(31)21-34-30(23-11-9-8-10-12-23,24-13-17-27(32-4)18-14-24)25-15-19-28(33-5)20-16-25/h8-20,26,31H,21-22H2,1-7H3. The molecular weight excluding hydrogens is 468 g/mol. The van der Waals surface area contributed by atoms with Crippen LogP contribution in [0.5, 0.6) is 11.5 Å². The molecule has 1 atom stereocenters. The van der Waals surface area contributed by atoms with Gasteiger partial charge in [0.25, 0.3) is 0 Å². The van der Waals surface area contributed by atoms with Crippen LogP contribution in [-0.4, -0.2) is 47.0 Å². The van der Waals surface area contributed by atoms with Crippen LogP contribution in [0.25, 0.3) is 0 Å². The molecule has 1 N–H and O–H groups in total. The molecule has 0 heterocycles. The van der Waals surface area contributed by atoms with E-state index < -0.39 is 20.0 Å². The van der Waals surface area contributed by atoms with Crippen molar-refractivity contribution in [2.75, 3.05) is 27.4 Å². The average molecular weight is 509 g/mol. The maximum absolute atomic E-state index is 11.0. The zero-order valence-corrected chi connectivity index (χ0v) is 23.6. The highest BCUT2D eigenvalue weighted by molar-refractivity contribution is 6.74. The lowest BCUT2D eigenvalue weighted by atomic mass is 9.80. The Kier molecular flexibility index (Phi) is 9.01. The highest BCUT2D eigenvalue weighted by atomic mass is 28.4. The van der Waals surface area contributed by atoms with Gasteiger partial charge in [-0.15, -0.1) is 0 Å². The van der Waals surface area contributed by atoms with Crippen LogP contribution in [0.15, 0.2) is 78.9 Å². The summed E-state index contributed by atoms with van der Waals surface area (Å²) < 4.78 is 23.8. The summed E-state index contributed by atoms with van der Waals surface area (Å²) in [5.41, 5.74) is 1.85. The predicted molar refractivity (Wildman–Crippen MR) is 147 cm³/mol. The van der Waals surface area contributed by atoms with Gasteiger partial charge < -0.3 is 23.7 Å². The average Bonchev–Trinajstić information content (AvgIpc) is 2.88. The Morgan fingerprint density at radius 2 is 1.14 bits per heavy atom. The Morgan fingerprint density at radius 1 is 0.694 bits per heavy atom. The molecule has 0 aromatic heterocycles. The maximum atomic E-state index is 11.0. The quantitative estimate of drug-likeness (QED) is 0.240. The van der Waals surface area contributed by atoms with Crippen molar-refractivity contribution < 1.29 is 23.7 Å². The van der Waals surface area contributed by atoms with Crippen molar-refractivity contribution in [1.29, 1.82) is 0 Å². The first-order valence-electron chi connectivity index (χ1n) is 12.3. The fourth-order valence-electron chi connectivity index (χ4n) is 3.86. The van der Waals surface area contributed by atoms with Crippen LogP contribution < -0.4 is 9.47 Å². The van der Waals surface area contributed by atoms with Gasteiger partial charge in [-0.05, 0) is 59.1 Å². The Hall–Kier alpha value is -2.64. The van der Waals surface area contributed by atoms with E-state index in [-0.39, 0.29) is 18.3 Å². The highest BCUT2D eigenvalue weighted by Gasteiger charge is 2.40. The van der Waals surface area contributed by atoms with E-state index in [0.29, 0.717) is 0 Å². The van der Waals surface area contributed by atoms with E-state index >= 15 is 0 Å². The van der Waals surface area contributed by atoms with E-state index in [4.69, 9.17) is 18.6 Å². The molecule has 0 aliphatic heterocycles. The minimum atomic E-state index is -2.00. The lowest BCUT2D eigenvalue weighted by Gasteiger charge is -2.38. The van der Waals surface area contributed by atoms with Crippen molar-refractivity contribution in [3.63, 3.8) is 0 Å². The first kappa shape index (κ1) is 27.9. The number of ether oxygens (including phenoxy) is 3. The second-order valence-electron chi connectivity index (χ2n) is 10.5. The molecule has 3 aromatic carbocycles. The summed E-state index contributed by atoms with van der Waals surface area (Å²) in [5.74, 6) is 1.52. The molecule has 194 valence electrons. The summed E-state index contributed by atoms with van der Waals surface area (Å²) in [6.45, 7) is 11.3. The highest BCUT2D eigenvalue weighted by Crippen LogP contribution is 2.42. The molecule has 0 radical (unpaired) electrons. The second-order valence-corrected chi connectivity index (χ2v) is 15.3. The van der Waals surface area contributed by atoms with Gasteiger partial charge in [0.2, 0.25) is 0 Å². The third-order valence-corrected chi connectivity index (χ3v) is 11.6. The van der Waals surface area contributed by atoms with Crippen molar-refractivity contribution in [1.82, 2.24) is 0 Å². The van der Waals surface area contributed by atoms with Gasteiger partial charge in [0.1, 0.15) is 17.1 Å². The molecule has 0 fully saturated rings. The summed E-state index contributed by atoms with van der Waals surface area (Å²) in [6, 6.07) is 25.8. The number of hydrogen-bond donors (Lipinski definition) is 1. The zero-order valence-electron chi connectivity index (χ0n) is 22.6. The van der Waals surface area contributed by atoms with Crippen LogP contribution >= 0.6 is 0 Å². The van der Waals surface area contributed by atoms with Crippen molar-refractivity contribution in [3.05, 3.63) is 95.6 Å².